The highest BCUT2D eigenvalue weighted by atomic mass is 16.4. The Bertz CT molecular complexity index is 1040. The van der Waals surface area contributed by atoms with E-state index in [-0.39, 0.29) is 17.5 Å². The molecule has 2 heterocycles. The third kappa shape index (κ3) is 2.44. The van der Waals surface area contributed by atoms with Crippen molar-refractivity contribution in [3.63, 3.8) is 0 Å². The Balaban J connectivity index is 1.76. The Labute approximate surface area is 148 Å². The fourth-order valence-corrected chi connectivity index (χ4v) is 2.94. The van der Waals surface area contributed by atoms with Gasteiger partial charge in [0.1, 0.15) is 5.69 Å². The predicted molar refractivity (Wildman–Crippen MR) is 94.2 cm³/mol. The zero-order chi connectivity index (χ0) is 18.3. The lowest BCUT2D eigenvalue weighted by Gasteiger charge is -2.15. The normalized spacial score (nSPS) is 13.0. The second kappa shape index (κ2) is 5.93. The number of carbonyl (C=O) groups is 3. The molecule has 6 heteroatoms. The summed E-state index contributed by atoms with van der Waals surface area (Å²) in [6.45, 7) is 0. The lowest BCUT2D eigenvalue weighted by molar-refractivity contribution is 0.0690. The molecule has 0 unspecified atom stereocenters. The summed E-state index contributed by atoms with van der Waals surface area (Å²) in [6.07, 6.45) is 0. The molecular formula is C20H12N2O4. The highest BCUT2D eigenvalue weighted by Crippen LogP contribution is 2.30. The van der Waals surface area contributed by atoms with Gasteiger partial charge in [0.2, 0.25) is 0 Å². The topological polar surface area (TPSA) is 87.6 Å². The summed E-state index contributed by atoms with van der Waals surface area (Å²) in [5.41, 5.74) is 2.14. The van der Waals surface area contributed by atoms with Gasteiger partial charge in [-0.25, -0.2) is 14.7 Å². The second-order valence-corrected chi connectivity index (χ2v) is 5.75. The summed E-state index contributed by atoms with van der Waals surface area (Å²) in [6, 6.07) is 18.1. The van der Waals surface area contributed by atoms with Crippen LogP contribution in [0.15, 0.2) is 66.7 Å². The van der Waals surface area contributed by atoms with Gasteiger partial charge in [0.05, 0.1) is 22.5 Å². The highest BCUT2D eigenvalue weighted by Gasteiger charge is 2.36. The van der Waals surface area contributed by atoms with Crippen LogP contribution in [0.1, 0.15) is 31.2 Å². The number of amides is 2. The van der Waals surface area contributed by atoms with Gasteiger partial charge in [-0.15, -0.1) is 0 Å². The third-order valence-corrected chi connectivity index (χ3v) is 4.16. The Kier molecular flexibility index (Phi) is 3.58. The quantitative estimate of drug-likeness (QED) is 0.737. The second-order valence-electron chi connectivity index (χ2n) is 5.75. The molecule has 4 rings (SSSR count). The number of hydrogen-bond donors (Lipinski definition) is 1. The number of rotatable bonds is 3. The molecule has 1 aliphatic heterocycles. The van der Waals surface area contributed by atoms with Crippen molar-refractivity contribution in [2.24, 2.45) is 0 Å². The first-order valence-electron chi connectivity index (χ1n) is 7.85. The molecule has 0 radical (unpaired) electrons. The van der Waals surface area contributed by atoms with Crippen LogP contribution in [0, 0.1) is 0 Å². The van der Waals surface area contributed by atoms with E-state index in [1.165, 1.54) is 6.07 Å². The summed E-state index contributed by atoms with van der Waals surface area (Å²) in [5.74, 6) is -1.88. The van der Waals surface area contributed by atoms with Crippen LogP contribution < -0.4 is 4.90 Å². The van der Waals surface area contributed by atoms with Crippen molar-refractivity contribution < 1.29 is 19.5 Å². The number of carboxylic acids is 1. The standard InChI is InChI=1S/C20H12N2O4/c23-18-14-7-1-2-8-15(14)19(24)22(18)13-6-3-5-12(11-13)16-9-4-10-17(21-16)20(25)26/h1-11H,(H,25,26). The van der Waals surface area contributed by atoms with E-state index in [0.29, 0.717) is 28.1 Å². The molecular weight excluding hydrogens is 332 g/mol. The van der Waals surface area contributed by atoms with Crippen LogP contribution in [0.3, 0.4) is 0 Å². The first-order chi connectivity index (χ1) is 12.6. The average molecular weight is 344 g/mol. The molecule has 0 aliphatic carbocycles. The summed E-state index contributed by atoms with van der Waals surface area (Å²) in [4.78, 5) is 41.6. The molecule has 0 spiro atoms. The SMILES string of the molecule is O=C(O)c1cccc(-c2cccc(N3C(=O)c4ccccc4C3=O)c2)n1. The van der Waals surface area contributed by atoms with Crippen LogP contribution in [0.25, 0.3) is 11.3 Å². The van der Waals surface area contributed by atoms with E-state index >= 15 is 0 Å². The number of carboxylic acid groups (broad SMARTS) is 1. The molecule has 2 amide bonds. The number of anilines is 1. The number of hydrogen-bond acceptors (Lipinski definition) is 4. The largest absolute Gasteiger partial charge is 0.477 e. The number of benzene rings is 2. The maximum absolute atomic E-state index is 12.6. The minimum Gasteiger partial charge on any atom is -0.477 e. The molecule has 3 aromatic rings. The lowest BCUT2D eigenvalue weighted by atomic mass is 10.1. The number of carbonyl (C=O) groups excluding carboxylic acids is 2. The van der Waals surface area contributed by atoms with Gasteiger partial charge < -0.3 is 5.11 Å². The number of fused-ring (bicyclic) bond motifs is 1. The zero-order valence-corrected chi connectivity index (χ0v) is 13.4. The van der Waals surface area contributed by atoms with Gasteiger partial charge in [-0.3, -0.25) is 9.59 Å². The van der Waals surface area contributed by atoms with E-state index in [0.717, 1.165) is 4.90 Å². The number of aromatic nitrogens is 1. The Morgan fingerprint density at radius 2 is 1.50 bits per heavy atom. The summed E-state index contributed by atoms with van der Waals surface area (Å²) in [7, 11) is 0. The Morgan fingerprint density at radius 1 is 0.846 bits per heavy atom. The maximum Gasteiger partial charge on any atom is 0.354 e. The van der Waals surface area contributed by atoms with Crippen molar-refractivity contribution in [2.45, 2.75) is 0 Å². The molecule has 1 aliphatic rings. The van der Waals surface area contributed by atoms with Crippen molar-refractivity contribution in [1.82, 2.24) is 4.98 Å². The highest BCUT2D eigenvalue weighted by molar-refractivity contribution is 6.34. The van der Waals surface area contributed by atoms with Crippen molar-refractivity contribution in [1.29, 1.82) is 0 Å². The smallest absolute Gasteiger partial charge is 0.354 e. The van der Waals surface area contributed by atoms with Gasteiger partial charge in [-0.1, -0.05) is 30.3 Å². The predicted octanol–water partition coefficient (Wildman–Crippen LogP) is 3.25. The molecule has 0 saturated heterocycles. The van der Waals surface area contributed by atoms with E-state index in [9.17, 15) is 14.4 Å². The van der Waals surface area contributed by atoms with Crippen LogP contribution in [0.4, 0.5) is 5.69 Å². The fraction of sp³-hybridized carbons (Fsp3) is 0. The first kappa shape index (κ1) is 15.7. The first-order valence-corrected chi connectivity index (χ1v) is 7.85. The summed E-state index contributed by atoms with van der Waals surface area (Å²) < 4.78 is 0. The number of aromatic carboxylic acids is 1. The van der Waals surface area contributed by atoms with E-state index in [4.69, 9.17) is 5.11 Å². The molecule has 0 saturated carbocycles. The van der Waals surface area contributed by atoms with E-state index in [1.807, 2.05) is 0 Å². The van der Waals surface area contributed by atoms with E-state index < -0.39 is 5.97 Å². The molecule has 0 atom stereocenters. The van der Waals surface area contributed by atoms with Crippen LogP contribution in [0.2, 0.25) is 0 Å². The van der Waals surface area contributed by atoms with Gasteiger partial charge in [-0.2, -0.15) is 0 Å². The minimum absolute atomic E-state index is 0.0753. The lowest BCUT2D eigenvalue weighted by Crippen LogP contribution is -2.29. The molecule has 126 valence electrons. The average Bonchev–Trinajstić information content (AvgIpc) is 2.93. The Morgan fingerprint density at radius 3 is 2.15 bits per heavy atom. The van der Waals surface area contributed by atoms with Crippen molar-refractivity contribution >= 4 is 23.5 Å². The fourth-order valence-electron chi connectivity index (χ4n) is 2.94. The number of pyridine rings is 1. The van der Waals surface area contributed by atoms with Gasteiger partial charge in [-0.05, 0) is 36.4 Å². The van der Waals surface area contributed by atoms with Gasteiger partial charge >= 0.3 is 5.97 Å². The third-order valence-electron chi connectivity index (χ3n) is 4.16. The van der Waals surface area contributed by atoms with Crippen molar-refractivity contribution in [3.05, 3.63) is 83.6 Å². The summed E-state index contributed by atoms with van der Waals surface area (Å²) in [5, 5.41) is 9.09. The number of nitrogens with zero attached hydrogens (tertiary/aromatic N) is 2. The van der Waals surface area contributed by atoms with Crippen molar-refractivity contribution in [2.75, 3.05) is 4.90 Å². The molecule has 1 N–H and O–H groups in total. The molecule has 6 nitrogen and oxygen atoms in total. The van der Waals surface area contributed by atoms with Crippen LogP contribution >= 0.6 is 0 Å². The Hall–Kier alpha value is -3.80. The zero-order valence-electron chi connectivity index (χ0n) is 13.4. The van der Waals surface area contributed by atoms with Gasteiger partial charge in [0, 0.05) is 5.56 Å². The van der Waals surface area contributed by atoms with Crippen LogP contribution in [-0.2, 0) is 0 Å². The van der Waals surface area contributed by atoms with Crippen LogP contribution in [-0.4, -0.2) is 27.9 Å². The maximum atomic E-state index is 12.6. The van der Waals surface area contributed by atoms with E-state index in [2.05, 4.69) is 4.98 Å². The van der Waals surface area contributed by atoms with Gasteiger partial charge in [0.25, 0.3) is 11.8 Å². The molecule has 2 aromatic carbocycles. The molecule has 0 bridgehead atoms. The van der Waals surface area contributed by atoms with E-state index in [1.54, 1.807) is 60.7 Å². The minimum atomic E-state index is -1.12. The number of imide groups is 1. The molecule has 26 heavy (non-hydrogen) atoms. The molecule has 0 fully saturated rings. The van der Waals surface area contributed by atoms with Crippen molar-refractivity contribution in [3.8, 4) is 11.3 Å². The summed E-state index contributed by atoms with van der Waals surface area (Å²) >= 11 is 0. The monoisotopic (exact) mass is 344 g/mol. The van der Waals surface area contributed by atoms with Gasteiger partial charge in [0.15, 0.2) is 0 Å². The van der Waals surface area contributed by atoms with Crippen LogP contribution in [0.5, 0.6) is 0 Å². The molecule has 1 aromatic heterocycles.